The molecule has 0 nitrogen and oxygen atoms in total. The van der Waals surface area contributed by atoms with Gasteiger partial charge in [0, 0.05) is 0 Å². The second-order valence-electron chi connectivity index (χ2n) is 9.96. The third-order valence-corrected chi connectivity index (χ3v) is 16.6. The van der Waals surface area contributed by atoms with Crippen LogP contribution in [0.25, 0.3) is 33.4 Å². The fourth-order valence-electron chi connectivity index (χ4n) is 6.07. The number of hydrogen-bond donors (Lipinski definition) is 0. The first kappa shape index (κ1) is 26.3. The van der Waals surface area contributed by atoms with Gasteiger partial charge in [-0.25, -0.2) is 0 Å². The third kappa shape index (κ3) is 4.72. The number of hydrogen-bond acceptors (Lipinski definition) is 0. The molecule has 0 aromatic heterocycles. The van der Waals surface area contributed by atoms with Crippen LogP contribution in [0.3, 0.4) is 0 Å². The van der Waals surface area contributed by atoms with Crippen molar-refractivity contribution in [2.75, 3.05) is 0 Å². The van der Waals surface area contributed by atoms with Gasteiger partial charge in [0.25, 0.3) is 0 Å². The molecule has 37 heavy (non-hydrogen) atoms. The van der Waals surface area contributed by atoms with Crippen LogP contribution >= 0.6 is 0 Å². The summed E-state index contributed by atoms with van der Waals surface area (Å²) in [6.07, 6.45) is 12.5. The number of allylic oxidation sites excluding steroid dienone is 4. The van der Waals surface area contributed by atoms with Gasteiger partial charge in [-0.3, -0.25) is 0 Å². The van der Waals surface area contributed by atoms with Crippen LogP contribution in [0.1, 0.15) is 40.4 Å². The van der Waals surface area contributed by atoms with Crippen LogP contribution in [-0.4, -0.2) is 3.21 Å². The van der Waals surface area contributed by atoms with E-state index in [4.69, 9.17) is 0 Å². The Bertz CT molecular complexity index is 1440. The predicted molar refractivity (Wildman–Crippen MR) is 145 cm³/mol. The maximum atomic E-state index is 2.48. The first-order chi connectivity index (χ1) is 17.4. The molecule has 0 spiro atoms. The minimum atomic E-state index is -2.03. The van der Waals surface area contributed by atoms with Crippen molar-refractivity contribution in [3.8, 4) is 33.4 Å². The molecule has 4 aromatic carbocycles. The molecule has 0 unspecified atom stereocenters. The van der Waals surface area contributed by atoms with Gasteiger partial charge in [0.05, 0.1) is 0 Å². The molecule has 3 heteroatoms. The summed E-state index contributed by atoms with van der Waals surface area (Å²) in [4.78, 5) is 0. The number of fused-ring (bicyclic) bond motifs is 3. The molecule has 0 saturated heterocycles. The van der Waals surface area contributed by atoms with Crippen LogP contribution in [0.5, 0.6) is 0 Å². The molecule has 0 atom stereocenters. The number of halogens is 2. The first-order valence-electron chi connectivity index (χ1n) is 12.8. The predicted octanol–water partition coefficient (Wildman–Crippen LogP) is 2.92. The van der Waals surface area contributed by atoms with Gasteiger partial charge in [0.1, 0.15) is 0 Å². The molecule has 3 aliphatic carbocycles. The summed E-state index contributed by atoms with van der Waals surface area (Å²) in [5, 5.41) is 0. The minimum absolute atomic E-state index is 0. The first-order valence-corrected chi connectivity index (χ1v) is 16.7. The molecule has 0 bridgehead atoms. The zero-order valence-corrected chi connectivity index (χ0v) is 24.6. The van der Waals surface area contributed by atoms with Crippen molar-refractivity contribution in [1.82, 2.24) is 0 Å². The smallest absolute Gasteiger partial charge is 1.00 e. The van der Waals surface area contributed by atoms with E-state index < -0.39 is 21.3 Å². The van der Waals surface area contributed by atoms with Crippen molar-refractivity contribution in [1.29, 1.82) is 0 Å². The summed E-state index contributed by atoms with van der Waals surface area (Å²) in [5.41, 5.74) is 11.4. The summed E-state index contributed by atoms with van der Waals surface area (Å²) in [7, 11) is 0. The Labute approximate surface area is 240 Å². The molecule has 1 fully saturated rings. The fraction of sp³-hybridized carbons (Fsp3) is 0.147. The Morgan fingerprint density at radius 2 is 1.14 bits per heavy atom. The van der Waals surface area contributed by atoms with Crippen LogP contribution in [0.15, 0.2) is 119 Å². The standard InChI is InChI=1S/C25H17.C5H5.C4H6.2ClH.Zr/c1-3-7-18(8-4-1)20-11-13-22-15-23-14-12-21(17-25(23)24(22)16-20)19-9-5-2-6-10-19;1-2-4-5-3-1;1-2-4-3-1;;;/h1-17H;1-3H,4H2;1-3H2;2*1H;/q;;;;;+2/p-2. The van der Waals surface area contributed by atoms with Gasteiger partial charge < -0.3 is 24.8 Å². The molecule has 1 saturated carbocycles. The zero-order valence-electron chi connectivity index (χ0n) is 20.6. The maximum absolute atomic E-state index is 2.48. The van der Waals surface area contributed by atoms with E-state index in [2.05, 4.69) is 115 Å². The molecule has 0 N–H and O–H groups in total. The van der Waals surface area contributed by atoms with Crippen LogP contribution in [0, 0.1) is 0 Å². The Kier molecular flexibility index (Phi) is 7.97. The van der Waals surface area contributed by atoms with Gasteiger partial charge >= 0.3 is 217 Å². The molecule has 182 valence electrons. The van der Waals surface area contributed by atoms with Gasteiger partial charge in [-0.05, 0) is 0 Å². The van der Waals surface area contributed by atoms with Gasteiger partial charge in [-0.15, -0.1) is 0 Å². The maximum Gasteiger partial charge on any atom is -1.00 e. The molecular weight excluding hydrogens is 571 g/mol. The Balaban J connectivity index is 0.00000140. The summed E-state index contributed by atoms with van der Waals surface area (Å²) in [6.45, 7) is 0. The van der Waals surface area contributed by atoms with Crippen molar-refractivity contribution in [3.63, 3.8) is 0 Å². The zero-order chi connectivity index (χ0) is 23.2. The Morgan fingerprint density at radius 3 is 1.57 bits per heavy atom. The largest absolute Gasteiger partial charge is 1.00 e. The van der Waals surface area contributed by atoms with E-state index in [1.165, 1.54) is 59.1 Å². The van der Waals surface area contributed by atoms with E-state index in [9.17, 15) is 0 Å². The molecule has 7 rings (SSSR count). The molecule has 0 heterocycles. The van der Waals surface area contributed by atoms with Crippen LogP contribution in [0.2, 0.25) is 0 Å². The van der Waals surface area contributed by atoms with Crippen molar-refractivity contribution in [3.05, 3.63) is 130 Å². The molecule has 3 aliphatic rings. The average Bonchev–Trinajstić information content (AvgIpc) is 3.53. The second-order valence-corrected chi connectivity index (χ2v) is 16.7. The van der Waals surface area contributed by atoms with Gasteiger partial charge in [0.2, 0.25) is 0 Å². The Morgan fingerprint density at radius 1 is 0.595 bits per heavy atom. The fourth-order valence-corrected chi connectivity index (χ4v) is 15.6. The van der Waals surface area contributed by atoms with Crippen LogP contribution in [0.4, 0.5) is 0 Å². The summed E-state index contributed by atoms with van der Waals surface area (Å²) in [6, 6.07) is 36.4. The van der Waals surface area contributed by atoms with Crippen molar-refractivity contribution >= 4 is 3.21 Å². The molecule has 0 aliphatic heterocycles. The topological polar surface area (TPSA) is 0 Å². The van der Waals surface area contributed by atoms with Gasteiger partial charge in [-0.2, -0.15) is 0 Å². The SMILES string of the molecule is C1=CC[C]([Zr+2](=[C]2CCC2)[CH]2c3ccc(-c4ccccc4)cc3-c3cc(-c4ccccc4)ccc32)=C1.[Cl-].[Cl-]. The van der Waals surface area contributed by atoms with Crippen LogP contribution in [-0.2, 0) is 21.3 Å². The molecule has 4 aromatic rings. The normalized spacial score (nSPS) is 14.9. The summed E-state index contributed by atoms with van der Waals surface area (Å²) >= 11 is -2.03. The van der Waals surface area contributed by atoms with E-state index in [1.54, 1.807) is 14.4 Å². The Hall–Kier alpha value is -2.31. The quantitative estimate of drug-likeness (QED) is 0.339. The van der Waals surface area contributed by atoms with Crippen molar-refractivity contribution in [2.45, 2.75) is 29.3 Å². The minimum Gasteiger partial charge on any atom is -1.00 e. The van der Waals surface area contributed by atoms with Gasteiger partial charge in [0.15, 0.2) is 0 Å². The second kappa shape index (κ2) is 11.2. The van der Waals surface area contributed by atoms with E-state index in [0.717, 1.165) is 0 Å². The van der Waals surface area contributed by atoms with E-state index in [-0.39, 0.29) is 24.8 Å². The summed E-state index contributed by atoms with van der Waals surface area (Å²) in [5.74, 6) is 0. The molecule has 0 radical (unpaired) electrons. The van der Waals surface area contributed by atoms with Crippen molar-refractivity contribution < 1.29 is 46.1 Å². The van der Waals surface area contributed by atoms with E-state index in [0.29, 0.717) is 3.63 Å². The molecular formula is C34H28Cl2Zr. The monoisotopic (exact) mass is 596 g/mol. The van der Waals surface area contributed by atoms with E-state index in [1.807, 2.05) is 3.21 Å². The molecule has 0 amide bonds. The van der Waals surface area contributed by atoms with Crippen molar-refractivity contribution in [2.24, 2.45) is 0 Å². The van der Waals surface area contributed by atoms with E-state index >= 15 is 0 Å². The van der Waals surface area contributed by atoms with Gasteiger partial charge in [-0.1, -0.05) is 0 Å². The third-order valence-electron chi connectivity index (χ3n) is 7.98. The van der Waals surface area contributed by atoms with Crippen LogP contribution < -0.4 is 24.8 Å². The number of rotatable bonds is 4. The summed E-state index contributed by atoms with van der Waals surface area (Å²) < 4.78 is 4.36. The number of benzene rings is 4. The average molecular weight is 599 g/mol.